The monoisotopic (exact) mass is 366 g/mol. The van der Waals surface area contributed by atoms with Gasteiger partial charge in [-0.15, -0.1) is 0 Å². The van der Waals surface area contributed by atoms with Gasteiger partial charge in [0.25, 0.3) is 0 Å². The molecule has 0 fully saturated rings. The van der Waals surface area contributed by atoms with Crippen LogP contribution in [0.1, 0.15) is 23.7 Å². The van der Waals surface area contributed by atoms with Gasteiger partial charge in [-0.05, 0) is 29.7 Å². The number of aromatic nitrogens is 1. The summed E-state index contributed by atoms with van der Waals surface area (Å²) in [5.41, 5.74) is 2.26. The highest BCUT2D eigenvalue weighted by molar-refractivity contribution is 5.82. The highest BCUT2D eigenvalue weighted by atomic mass is 16.5. The minimum atomic E-state index is -1.07. The van der Waals surface area contributed by atoms with Gasteiger partial charge in [-0.2, -0.15) is 0 Å². The predicted octanol–water partition coefficient (Wildman–Crippen LogP) is 2.95. The van der Waals surface area contributed by atoms with Crippen LogP contribution in [-0.2, 0) is 11.3 Å². The van der Waals surface area contributed by atoms with Gasteiger partial charge < -0.3 is 20.3 Å². The Hall–Kier alpha value is -2.96. The fourth-order valence-electron chi connectivity index (χ4n) is 2.84. The van der Waals surface area contributed by atoms with Crippen molar-refractivity contribution in [2.45, 2.75) is 25.2 Å². The number of carbonyl (C=O) groups is 1. The van der Waals surface area contributed by atoms with E-state index in [1.54, 1.807) is 12.3 Å². The summed E-state index contributed by atoms with van der Waals surface area (Å²) in [6, 6.07) is 18.5. The fraction of sp³-hybridized carbons (Fsp3) is 0.238. The molecule has 2 atom stereocenters. The van der Waals surface area contributed by atoms with E-state index in [-0.39, 0.29) is 19.6 Å². The first kappa shape index (κ1) is 18.8. The number of nitrogens with one attached hydrogen (secondary N) is 1. The minimum absolute atomic E-state index is 0.181. The quantitative estimate of drug-likeness (QED) is 0.598. The van der Waals surface area contributed by atoms with Gasteiger partial charge in [0.2, 0.25) is 0 Å². The van der Waals surface area contributed by atoms with Crippen LogP contribution in [-0.4, -0.2) is 33.9 Å². The van der Waals surface area contributed by atoms with E-state index in [1.165, 1.54) is 0 Å². The van der Waals surface area contributed by atoms with Crippen LogP contribution in [0.5, 0.6) is 0 Å². The van der Waals surface area contributed by atoms with Crippen molar-refractivity contribution >= 4 is 17.0 Å². The Kier molecular flexibility index (Phi) is 6.35. The summed E-state index contributed by atoms with van der Waals surface area (Å²) >= 11 is 0. The smallest absolute Gasteiger partial charge is 0.407 e. The van der Waals surface area contributed by atoms with Crippen molar-refractivity contribution in [1.82, 2.24) is 10.3 Å². The van der Waals surface area contributed by atoms with E-state index in [9.17, 15) is 15.0 Å². The molecule has 0 aliphatic carbocycles. The van der Waals surface area contributed by atoms with Crippen molar-refractivity contribution in [3.8, 4) is 0 Å². The Balaban J connectivity index is 1.48. The standard InChI is InChI=1S/C21H22N2O4/c24-19(11-13-23-21(26)27-14-15-6-2-1-3-7-15)20(25)17-10-12-22-18-9-5-4-8-16(17)18/h1-10,12,19-20,24-25H,11,13-14H2,(H,23,26). The molecule has 3 rings (SSSR count). The van der Waals surface area contributed by atoms with Crippen molar-refractivity contribution < 1.29 is 19.7 Å². The molecule has 6 heteroatoms. The molecule has 6 nitrogen and oxygen atoms in total. The summed E-state index contributed by atoms with van der Waals surface area (Å²) in [5.74, 6) is 0. The van der Waals surface area contributed by atoms with E-state index >= 15 is 0 Å². The van der Waals surface area contributed by atoms with Gasteiger partial charge in [-0.1, -0.05) is 48.5 Å². The Morgan fingerprint density at radius 3 is 2.59 bits per heavy atom. The molecule has 0 bridgehead atoms. The van der Waals surface area contributed by atoms with Gasteiger partial charge in [0.05, 0.1) is 11.6 Å². The van der Waals surface area contributed by atoms with Crippen LogP contribution in [0.3, 0.4) is 0 Å². The molecule has 2 aromatic carbocycles. The highest BCUT2D eigenvalue weighted by Gasteiger charge is 2.20. The molecule has 1 amide bonds. The number of rotatable bonds is 7. The van der Waals surface area contributed by atoms with Crippen molar-refractivity contribution in [1.29, 1.82) is 0 Å². The second-order valence-corrected chi connectivity index (χ2v) is 6.21. The van der Waals surface area contributed by atoms with Gasteiger partial charge in [0.15, 0.2) is 0 Å². The summed E-state index contributed by atoms with van der Waals surface area (Å²) in [6.45, 7) is 0.371. The number of fused-ring (bicyclic) bond motifs is 1. The van der Waals surface area contributed by atoms with E-state index in [1.807, 2.05) is 54.6 Å². The number of pyridine rings is 1. The average Bonchev–Trinajstić information content (AvgIpc) is 2.72. The molecule has 0 saturated carbocycles. The number of carbonyl (C=O) groups excluding carboxylic acids is 1. The molecule has 3 aromatic rings. The van der Waals surface area contributed by atoms with E-state index in [4.69, 9.17) is 4.74 Å². The first-order chi connectivity index (χ1) is 13.1. The fourth-order valence-corrected chi connectivity index (χ4v) is 2.84. The average molecular weight is 366 g/mol. The van der Waals surface area contributed by atoms with E-state index < -0.39 is 18.3 Å². The number of alkyl carbamates (subject to hydrolysis) is 1. The molecule has 27 heavy (non-hydrogen) atoms. The molecular formula is C21H22N2O4. The van der Waals surface area contributed by atoms with E-state index in [2.05, 4.69) is 10.3 Å². The maximum atomic E-state index is 11.7. The number of aliphatic hydroxyl groups excluding tert-OH is 2. The molecule has 0 saturated heterocycles. The topological polar surface area (TPSA) is 91.7 Å². The minimum Gasteiger partial charge on any atom is -0.445 e. The van der Waals surface area contributed by atoms with Gasteiger partial charge >= 0.3 is 6.09 Å². The third-order valence-electron chi connectivity index (χ3n) is 4.29. The van der Waals surface area contributed by atoms with Crippen molar-refractivity contribution in [3.05, 3.63) is 78.0 Å². The van der Waals surface area contributed by atoms with Crippen molar-refractivity contribution in [2.24, 2.45) is 0 Å². The molecule has 0 radical (unpaired) electrons. The Morgan fingerprint density at radius 1 is 1.04 bits per heavy atom. The first-order valence-electron chi connectivity index (χ1n) is 8.79. The first-order valence-corrected chi connectivity index (χ1v) is 8.79. The maximum Gasteiger partial charge on any atom is 0.407 e. The summed E-state index contributed by atoms with van der Waals surface area (Å²) in [5, 5.41) is 24.1. The number of amides is 1. The lowest BCUT2D eigenvalue weighted by Crippen LogP contribution is -2.29. The number of hydrogen-bond acceptors (Lipinski definition) is 5. The Labute approximate surface area is 157 Å². The SMILES string of the molecule is O=C(NCCC(O)C(O)c1ccnc2ccccc12)OCc1ccccc1. The molecule has 2 unspecified atom stereocenters. The molecule has 3 N–H and O–H groups in total. The van der Waals surface area contributed by atoms with Crippen LogP contribution in [0.15, 0.2) is 66.9 Å². The highest BCUT2D eigenvalue weighted by Crippen LogP contribution is 2.25. The summed E-state index contributed by atoms with van der Waals surface area (Å²) in [6.07, 6.45) is -0.856. The number of aliphatic hydroxyl groups is 2. The van der Waals surface area contributed by atoms with Gasteiger partial charge in [-0.3, -0.25) is 4.98 Å². The summed E-state index contributed by atoms with van der Waals surface area (Å²) < 4.78 is 5.11. The third kappa shape index (κ3) is 5.03. The summed E-state index contributed by atoms with van der Waals surface area (Å²) in [7, 11) is 0. The van der Waals surface area contributed by atoms with E-state index in [0.717, 1.165) is 16.5 Å². The lowest BCUT2D eigenvalue weighted by molar-refractivity contribution is 0.0144. The molecule has 140 valence electrons. The lowest BCUT2D eigenvalue weighted by Gasteiger charge is -2.19. The molecular weight excluding hydrogens is 344 g/mol. The zero-order chi connectivity index (χ0) is 19.1. The van der Waals surface area contributed by atoms with Crippen molar-refractivity contribution in [3.63, 3.8) is 0 Å². The molecule has 1 heterocycles. The van der Waals surface area contributed by atoms with Crippen LogP contribution >= 0.6 is 0 Å². The lowest BCUT2D eigenvalue weighted by atomic mass is 9.98. The molecule has 1 aromatic heterocycles. The van der Waals surface area contributed by atoms with Crippen LogP contribution < -0.4 is 5.32 Å². The largest absolute Gasteiger partial charge is 0.445 e. The Bertz CT molecular complexity index is 880. The zero-order valence-corrected chi connectivity index (χ0v) is 14.8. The predicted molar refractivity (Wildman–Crippen MR) is 102 cm³/mol. The second-order valence-electron chi connectivity index (χ2n) is 6.21. The van der Waals surface area contributed by atoms with Gasteiger partial charge in [0.1, 0.15) is 12.7 Å². The number of hydrogen-bond donors (Lipinski definition) is 3. The number of benzene rings is 2. The molecule has 0 spiro atoms. The summed E-state index contributed by atoms with van der Waals surface area (Å²) in [4.78, 5) is 16.0. The Morgan fingerprint density at radius 2 is 1.78 bits per heavy atom. The zero-order valence-electron chi connectivity index (χ0n) is 14.8. The normalized spacial score (nSPS) is 13.1. The van der Waals surface area contributed by atoms with E-state index in [0.29, 0.717) is 5.56 Å². The van der Waals surface area contributed by atoms with Crippen LogP contribution in [0.25, 0.3) is 10.9 Å². The molecule has 0 aliphatic rings. The van der Waals surface area contributed by atoms with Crippen LogP contribution in [0.4, 0.5) is 4.79 Å². The number of nitrogens with zero attached hydrogens (tertiary/aromatic N) is 1. The number of para-hydroxylation sites is 1. The second kappa shape index (κ2) is 9.12. The van der Waals surface area contributed by atoms with Gasteiger partial charge in [-0.25, -0.2) is 4.79 Å². The maximum absolute atomic E-state index is 11.7. The van der Waals surface area contributed by atoms with Gasteiger partial charge in [0, 0.05) is 18.1 Å². The van der Waals surface area contributed by atoms with Crippen LogP contribution in [0.2, 0.25) is 0 Å². The van der Waals surface area contributed by atoms with Crippen LogP contribution in [0, 0.1) is 0 Å². The molecule has 0 aliphatic heterocycles. The number of ether oxygens (including phenoxy) is 1. The van der Waals surface area contributed by atoms with Crippen molar-refractivity contribution in [2.75, 3.05) is 6.54 Å². The third-order valence-corrected chi connectivity index (χ3v) is 4.29.